The number of thiophene rings is 1. The van der Waals surface area contributed by atoms with Gasteiger partial charge in [0, 0.05) is 32.3 Å². The van der Waals surface area contributed by atoms with Crippen molar-refractivity contribution >= 4 is 27.1 Å². The van der Waals surface area contributed by atoms with Gasteiger partial charge in [0.1, 0.15) is 0 Å². The number of aliphatic imine (C=N–C) groups is 1. The summed E-state index contributed by atoms with van der Waals surface area (Å²) in [6, 6.07) is 19.9. The zero-order valence-electron chi connectivity index (χ0n) is 16.6. The lowest BCUT2D eigenvalue weighted by molar-refractivity contribution is 0.0117. The molecule has 3 heteroatoms. The highest BCUT2D eigenvalue weighted by atomic mass is 32.1. The quantitative estimate of drug-likeness (QED) is 0.457. The van der Waals surface area contributed by atoms with Crippen molar-refractivity contribution in [2.75, 3.05) is 13.1 Å². The predicted molar refractivity (Wildman–Crippen MR) is 121 cm³/mol. The van der Waals surface area contributed by atoms with Crippen LogP contribution in [-0.2, 0) is 0 Å². The van der Waals surface area contributed by atoms with Crippen LogP contribution in [0.2, 0.25) is 0 Å². The normalized spacial score (nSPS) is 21.0. The first-order chi connectivity index (χ1) is 13.8. The van der Waals surface area contributed by atoms with Crippen LogP contribution in [0.5, 0.6) is 0 Å². The molecule has 1 unspecified atom stereocenters. The molecular formula is C25H28N2S. The van der Waals surface area contributed by atoms with Crippen LogP contribution < -0.4 is 0 Å². The SMILES string of the molecule is CC(=NC(c1ccccc1)C1(N2CCCC2)CCC1)c1csc2ccccc12. The molecule has 144 valence electrons. The molecule has 1 aliphatic heterocycles. The van der Waals surface area contributed by atoms with E-state index in [0.717, 1.165) is 0 Å². The third-order valence-electron chi connectivity index (χ3n) is 6.77. The minimum Gasteiger partial charge on any atom is -0.295 e. The van der Waals surface area contributed by atoms with Crippen molar-refractivity contribution in [2.45, 2.75) is 50.6 Å². The number of nitrogens with zero attached hydrogens (tertiary/aromatic N) is 2. The molecular weight excluding hydrogens is 360 g/mol. The first-order valence-electron chi connectivity index (χ1n) is 10.6. The summed E-state index contributed by atoms with van der Waals surface area (Å²) in [6.07, 6.45) is 6.54. The third kappa shape index (κ3) is 3.01. The minimum absolute atomic E-state index is 0.213. The van der Waals surface area contributed by atoms with Gasteiger partial charge in [-0.15, -0.1) is 11.3 Å². The first-order valence-corrected chi connectivity index (χ1v) is 11.5. The van der Waals surface area contributed by atoms with E-state index < -0.39 is 0 Å². The van der Waals surface area contributed by atoms with E-state index in [-0.39, 0.29) is 11.6 Å². The number of hydrogen-bond donors (Lipinski definition) is 0. The maximum atomic E-state index is 5.46. The van der Waals surface area contributed by atoms with Crippen LogP contribution in [0, 0.1) is 0 Å². The molecule has 1 saturated carbocycles. The molecule has 3 aromatic rings. The number of rotatable bonds is 5. The summed E-state index contributed by atoms with van der Waals surface area (Å²) >= 11 is 1.83. The molecule has 28 heavy (non-hydrogen) atoms. The molecule has 1 atom stereocenters. The van der Waals surface area contributed by atoms with Crippen LogP contribution in [0.4, 0.5) is 0 Å². The van der Waals surface area contributed by atoms with Crippen LogP contribution in [0.3, 0.4) is 0 Å². The standard InChI is InChI=1S/C25H28N2S/c1-19(22-18-28-23-13-6-5-12-21(22)23)26-24(20-10-3-2-4-11-20)25(14-9-15-25)27-16-7-8-17-27/h2-6,10-13,18,24H,7-9,14-17H2,1H3. The number of likely N-dealkylation sites (tertiary alicyclic amines) is 1. The largest absolute Gasteiger partial charge is 0.295 e. The average Bonchev–Trinajstić information content (AvgIpc) is 3.37. The van der Waals surface area contributed by atoms with E-state index >= 15 is 0 Å². The monoisotopic (exact) mass is 388 g/mol. The van der Waals surface area contributed by atoms with Crippen molar-refractivity contribution < 1.29 is 0 Å². The van der Waals surface area contributed by atoms with Crippen LogP contribution in [0.25, 0.3) is 10.1 Å². The summed E-state index contributed by atoms with van der Waals surface area (Å²) < 4.78 is 1.35. The lowest BCUT2D eigenvalue weighted by Gasteiger charge is -2.52. The van der Waals surface area contributed by atoms with Crippen molar-refractivity contribution in [1.82, 2.24) is 4.90 Å². The topological polar surface area (TPSA) is 15.6 Å². The number of benzene rings is 2. The maximum Gasteiger partial charge on any atom is 0.0935 e. The summed E-state index contributed by atoms with van der Waals surface area (Å²) in [4.78, 5) is 8.22. The lowest BCUT2D eigenvalue weighted by atomic mass is 9.68. The number of hydrogen-bond acceptors (Lipinski definition) is 3. The Balaban J connectivity index is 1.59. The summed E-state index contributed by atoms with van der Waals surface area (Å²) in [5, 5.41) is 3.62. The molecule has 0 amide bonds. The highest BCUT2D eigenvalue weighted by Crippen LogP contribution is 2.50. The molecule has 0 bridgehead atoms. The Kier molecular flexibility index (Phi) is 4.82. The van der Waals surface area contributed by atoms with Gasteiger partial charge in [-0.25, -0.2) is 0 Å². The zero-order valence-corrected chi connectivity index (χ0v) is 17.4. The predicted octanol–water partition coefficient (Wildman–Crippen LogP) is 6.47. The highest BCUT2D eigenvalue weighted by molar-refractivity contribution is 7.17. The molecule has 2 heterocycles. The Morgan fingerprint density at radius 2 is 1.68 bits per heavy atom. The van der Waals surface area contributed by atoms with Crippen LogP contribution in [0.15, 0.2) is 65.0 Å². The second-order valence-electron chi connectivity index (χ2n) is 8.32. The Bertz CT molecular complexity index is 978. The molecule has 1 saturated heterocycles. The smallest absolute Gasteiger partial charge is 0.0935 e. The van der Waals surface area contributed by atoms with E-state index in [1.54, 1.807) is 0 Å². The zero-order chi connectivity index (χ0) is 19.0. The summed E-state index contributed by atoms with van der Waals surface area (Å²) in [6.45, 7) is 4.68. The fraction of sp³-hybridized carbons (Fsp3) is 0.400. The van der Waals surface area contributed by atoms with Gasteiger partial charge >= 0.3 is 0 Å². The molecule has 1 aromatic heterocycles. The number of fused-ring (bicyclic) bond motifs is 1. The van der Waals surface area contributed by atoms with Gasteiger partial charge in [0.15, 0.2) is 0 Å². The summed E-state index contributed by atoms with van der Waals surface area (Å²) in [5.41, 5.74) is 4.06. The second-order valence-corrected chi connectivity index (χ2v) is 9.24. The lowest BCUT2D eigenvalue weighted by Crippen LogP contribution is -2.56. The summed E-state index contributed by atoms with van der Waals surface area (Å²) in [5.74, 6) is 0. The second kappa shape index (κ2) is 7.46. The van der Waals surface area contributed by atoms with Gasteiger partial charge in [-0.1, -0.05) is 48.5 Å². The molecule has 0 spiro atoms. The molecule has 2 fully saturated rings. The fourth-order valence-corrected chi connectivity index (χ4v) is 6.13. The van der Waals surface area contributed by atoms with Crippen LogP contribution in [0.1, 0.15) is 56.2 Å². The molecule has 5 rings (SSSR count). The van der Waals surface area contributed by atoms with Gasteiger partial charge in [-0.3, -0.25) is 9.89 Å². The van der Waals surface area contributed by atoms with Gasteiger partial charge < -0.3 is 0 Å². The fourth-order valence-electron chi connectivity index (χ4n) is 5.13. The van der Waals surface area contributed by atoms with Crippen LogP contribution >= 0.6 is 11.3 Å². The van der Waals surface area contributed by atoms with Crippen molar-refractivity contribution in [3.63, 3.8) is 0 Å². The van der Waals surface area contributed by atoms with E-state index in [2.05, 4.69) is 71.8 Å². The van der Waals surface area contributed by atoms with Crippen molar-refractivity contribution in [3.05, 3.63) is 71.1 Å². The first kappa shape index (κ1) is 18.1. The van der Waals surface area contributed by atoms with Crippen molar-refractivity contribution in [3.8, 4) is 0 Å². The average molecular weight is 389 g/mol. The van der Waals surface area contributed by atoms with E-state index in [4.69, 9.17) is 4.99 Å². The van der Waals surface area contributed by atoms with Crippen LogP contribution in [-0.4, -0.2) is 29.2 Å². The third-order valence-corrected chi connectivity index (χ3v) is 7.74. The molecule has 1 aliphatic carbocycles. The van der Waals surface area contributed by atoms with E-state index in [0.29, 0.717) is 0 Å². The summed E-state index contributed by atoms with van der Waals surface area (Å²) in [7, 11) is 0. The van der Waals surface area contributed by atoms with Crippen molar-refractivity contribution in [2.24, 2.45) is 4.99 Å². The van der Waals surface area contributed by atoms with E-state index in [1.165, 1.54) is 72.1 Å². The van der Waals surface area contributed by atoms with Gasteiger partial charge in [0.2, 0.25) is 0 Å². The van der Waals surface area contributed by atoms with Gasteiger partial charge in [0.05, 0.1) is 6.04 Å². The van der Waals surface area contributed by atoms with E-state index in [1.807, 2.05) is 11.3 Å². The van der Waals surface area contributed by atoms with Gasteiger partial charge in [-0.2, -0.15) is 0 Å². The molecule has 2 nitrogen and oxygen atoms in total. The molecule has 2 aliphatic rings. The Hall–Kier alpha value is -1.97. The van der Waals surface area contributed by atoms with Gasteiger partial charge in [-0.05, 0) is 63.7 Å². The van der Waals surface area contributed by atoms with Gasteiger partial charge in [0.25, 0.3) is 0 Å². The molecule has 2 aromatic carbocycles. The van der Waals surface area contributed by atoms with E-state index in [9.17, 15) is 0 Å². The Morgan fingerprint density at radius 1 is 0.964 bits per heavy atom. The Labute approximate surface area is 171 Å². The molecule has 0 N–H and O–H groups in total. The maximum absolute atomic E-state index is 5.46. The van der Waals surface area contributed by atoms with Crippen molar-refractivity contribution in [1.29, 1.82) is 0 Å². The Morgan fingerprint density at radius 3 is 2.39 bits per heavy atom. The highest BCUT2D eigenvalue weighted by Gasteiger charge is 2.49. The molecule has 0 radical (unpaired) electrons. The minimum atomic E-state index is 0.213.